The van der Waals surface area contributed by atoms with Crippen molar-refractivity contribution in [2.75, 3.05) is 4.90 Å². The first-order valence-corrected chi connectivity index (χ1v) is 14.3. The Morgan fingerprint density at radius 1 is 1.10 bits per heavy atom. The van der Waals surface area contributed by atoms with Crippen LogP contribution in [0, 0.1) is 5.92 Å². The van der Waals surface area contributed by atoms with Crippen molar-refractivity contribution >= 4 is 11.6 Å². The van der Waals surface area contributed by atoms with E-state index in [0.29, 0.717) is 28.6 Å². The van der Waals surface area contributed by atoms with E-state index >= 15 is 0 Å². The van der Waals surface area contributed by atoms with Gasteiger partial charge in [0.2, 0.25) is 5.92 Å². The third-order valence-electron chi connectivity index (χ3n) is 9.47. The Labute approximate surface area is 235 Å². The first-order chi connectivity index (χ1) is 19.4. The largest absolute Gasteiger partial charge is 0.416 e. The molecule has 3 aliphatic rings. The Bertz CT molecular complexity index is 1470. The molecule has 0 bridgehead atoms. The highest BCUT2D eigenvalue weighted by Gasteiger charge is 2.57. The molecule has 2 atom stereocenters. The molecule has 0 radical (unpaired) electrons. The molecule has 3 aromatic rings. The van der Waals surface area contributed by atoms with Gasteiger partial charge in [-0.15, -0.1) is 10.2 Å². The zero-order valence-corrected chi connectivity index (χ0v) is 23.1. The van der Waals surface area contributed by atoms with Gasteiger partial charge in [-0.25, -0.2) is 8.78 Å². The van der Waals surface area contributed by atoms with Crippen molar-refractivity contribution in [2.45, 2.75) is 88.3 Å². The zero-order valence-electron chi connectivity index (χ0n) is 23.1. The summed E-state index contributed by atoms with van der Waals surface area (Å²) in [5.41, 5.74) is -0.0273. The lowest BCUT2D eigenvalue weighted by molar-refractivity contribution is -0.138. The van der Waals surface area contributed by atoms with Crippen LogP contribution in [-0.2, 0) is 31.6 Å². The summed E-state index contributed by atoms with van der Waals surface area (Å²) in [5, 5.41) is 7.95. The van der Waals surface area contributed by atoms with Gasteiger partial charge >= 0.3 is 6.18 Å². The van der Waals surface area contributed by atoms with Crippen molar-refractivity contribution in [1.29, 1.82) is 0 Å². The van der Waals surface area contributed by atoms with Crippen LogP contribution in [-0.4, -0.2) is 26.6 Å². The summed E-state index contributed by atoms with van der Waals surface area (Å²) < 4.78 is 73.2. The molecule has 0 N–H and O–H groups in total. The third kappa shape index (κ3) is 5.03. The lowest BCUT2D eigenvalue weighted by Gasteiger charge is -2.48. The van der Waals surface area contributed by atoms with Gasteiger partial charge in [0.1, 0.15) is 12.2 Å². The fourth-order valence-electron chi connectivity index (χ4n) is 7.24. The van der Waals surface area contributed by atoms with Gasteiger partial charge in [-0.3, -0.25) is 4.79 Å². The van der Waals surface area contributed by atoms with Crippen LogP contribution in [0.2, 0.25) is 0 Å². The van der Waals surface area contributed by atoms with Crippen molar-refractivity contribution in [1.82, 2.24) is 14.8 Å². The van der Waals surface area contributed by atoms with Gasteiger partial charge in [-0.05, 0) is 65.6 Å². The number of carbonyl (C=O) groups is 1. The SMILES string of the molecule is CC[C@H]1CCC[C@@H](c2cc3c(c(C(F)(F)F)c2)CN(c2cccc(C4(Cc5nncn5C)CC(F)(F)C4)c2)C3=O)C1. The first kappa shape index (κ1) is 27.8. The van der Waals surface area contributed by atoms with E-state index in [1.54, 1.807) is 41.9 Å². The first-order valence-electron chi connectivity index (χ1n) is 14.3. The molecule has 5 nitrogen and oxygen atoms in total. The second-order valence-electron chi connectivity index (χ2n) is 12.2. The molecule has 0 unspecified atom stereocenters. The number of hydrogen-bond acceptors (Lipinski definition) is 3. The van der Waals surface area contributed by atoms with E-state index in [1.807, 2.05) is 0 Å². The van der Waals surface area contributed by atoms with E-state index in [0.717, 1.165) is 32.1 Å². The summed E-state index contributed by atoms with van der Waals surface area (Å²) in [7, 11) is 1.75. The number of aryl methyl sites for hydroxylation is 1. The van der Waals surface area contributed by atoms with Crippen molar-refractivity contribution in [3.8, 4) is 0 Å². The molecule has 2 aromatic carbocycles. The molecule has 10 heteroatoms. The number of anilines is 1. The number of nitrogens with zero attached hydrogens (tertiary/aromatic N) is 4. The van der Waals surface area contributed by atoms with Crippen molar-refractivity contribution in [3.05, 3.63) is 76.4 Å². The van der Waals surface area contributed by atoms with Crippen LogP contribution < -0.4 is 4.90 Å². The van der Waals surface area contributed by atoms with Crippen molar-refractivity contribution < 1.29 is 26.7 Å². The monoisotopic (exact) mass is 572 g/mol. The van der Waals surface area contributed by atoms with Crippen LogP contribution in [0.25, 0.3) is 0 Å². The minimum atomic E-state index is -4.60. The van der Waals surface area contributed by atoms with E-state index in [-0.39, 0.29) is 42.9 Å². The van der Waals surface area contributed by atoms with Gasteiger partial charge in [0, 0.05) is 43.0 Å². The average Bonchev–Trinajstić information content (AvgIpc) is 3.48. The highest BCUT2D eigenvalue weighted by atomic mass is 19.4. The molecule has 1 amide bonds. The lowest BCUT2D eigenvalue weighted by atomic mass is 9.60. The van der Waals surface area contributed by atoms with E-state index in [9.17, 15) is 26.7 Å². The molecule has 1 aliphatic heterocycles. The van der Waals surface area contributed by atoms with Crippen molar-refractivity contribution in [2.24, 2.45) is 13.0 Å². The normalized spacial score (nSPS) is 23.4. The predicted octanol–water partition coefficient (Wildman–Crippen LogP) is 7.59. The summed E-state index contributed by atoms with van der Waals surface area (Å²) in [6.45, 7) is 1.88. The standard InChI is InChI=1S/C31H33F5N4O/c1-3-19-6-4-7-20(10-19)21-11-24-25(26(12-21)31(34,35)36)15-40(28(24)41)23-9-5-8-22(13-23)29(16-30(32,33)17-29)14-27-38-37-18-39(27)2/h5,8-9,11-13,18-20H,3-4,6-7,10,14-17H2,1-2H3/t19-,20+/m0/s1. The lowest BCUT2D eigenvalue weighted by Crippen LogP contribution is -2.51. The van der Waals surface area contributed by atoms with Crippen LogP contribution in [0.1, 0.15) is 96.2 Å². The molecule has 41 heavy (non-hydrogen) atoms. The van der Waals surface area contributed by atoms with Gasteiger partial charge in [-0.2, -0.15) is 13.2 Å². The second-order valence-corrected chi connectivity index (χ2v) is 12.2. The Morgan fingerprint density at radius 3 is 2.54 bits per heavy atom. The fourth-order valence-corrected chi connectivity index (χ4v) is 7.24. The Hall–Kier alpha value is -3.30. The summed E-state index contributed by atoms with van der Waals surface area (Å²) in [6.07, 6.45) is 1.04. The van der Waals surface area contributed by atoms with Crippen molar-refractivity contribution in [3.63, 3.8) is 0 Å². The molecular weight excluding hydrogens is 539 g/mol. The number of halogens is 5. The molecule has 2 fully saturated rings. The van der Waals surface area contributed by atoms with E-state index in [1.165, 1.54) is 17.3 Å². The van der Waals surface area contributed by atoms with Crippen LogP contribution in [0.3, 0.4) is 0 Å². The predicted molar refractivity (Wildman–Crippen MR) is 144 cm³/mol. The maximum atomic E-state index is 14.3. The average molecular weight is 573 g/mol. The highest BCUT2D eigenvalue weighted by molar-refractivity contribution is 6.10. The topological polar surface area (TPSA) is 51.0 Å². The molecule has 2 saturated carbocycles. The summed E-state index contributed by atoms with van der Waals surface area (Å²) >= 11 is 0. The molecule has 6 rings (SSSR count). The van der Waals surface area contributed by atoms with Gasteiger partial charge in [0.15, 0.2) is 0 Å². The van der Waals surface area contributed by atoms with Crippen LogP contribution in [0.5, 0.6) is 0 Å². The number of aromatic nitrogens is 3. The number of rotatable bonds is 6. The molecule has 0 spiro atoms. The Morgan fingerprint density at radius 2 is 1.88 bits per heavy atom. The van der Waals surface area contributed by atoms with Crippen LogP contribution in [0.4, 0.5) is 27.6 Å². The quantitative estimate of drug-likeness (QED) is 0.286. The molecule has 1 aromatic heterocycles. The smallest absolute Gasteiger partial charge is 0.321 e. The highest BCUT2D eigenvalue weighted by Crippen LogP contribution is 2.55. The van der Waals surface area contributed by atoms with Gasteiger partial charge < -0.3 is 9.47 Å². The number of carbonyl (C=O) groups excluding carboxylic acids is 1. The number of amides is 1. The molecular formula is C31H33F5N4O. The zero-order chi connectivity index (χ0) is 29.2. The van der Waals surface area contributed by atoms with E-state index < -0.39 is 29.0 Å². The number of alkyl halides is 5. The maximum absolute atomic E-state index is 14.3. The maximum Gasteiger partial charge on any atom is 0.416 e. The van der Waals surface area contributed by atoms with Gasteiger partial charge in [0.05, 0.1) is 12.1 Å². The van der Waals surface area contributed by atoms with E-state index in [4.69, 9.17) is 0 Å². The summed E-state index contributed by atoms with van der Waals surface area (Å²) in [5.74, 6) is -2.30. The number of benzene rings is 2. The molecule has 2 heterocycles. The summed E-state index contributed by atoms with van der Waals surface area (Å²) in [6, 6.07) is 9.68. The molecule has 218 valence electrons. The van der Waals surface area contributed by atoms with Gasteiger partial charge in [0.25, 0.3) is 5.91 Å². The van der Waals surface area contributed by atoms with E-state index in [2.05, 4.69) is 17.1 Å². The van der Waals surface area contributed by atoms with Crippen LogP contribution >= 0.6 is 0 Å². The third-order valence-corrected chi connectivity index (χ3v) is 9.47. The number of hydrogen-bond donors (Lipinski definition) is 0. The molecule has 2 aliphatic carbocycles. The Kier molecular flexibility index (Phi) is 6.73. The fraction of sp³-hybridized carbons (Fsp3) is 0.516. The number of fused-ring (bicyclic) bond motifs is 1. The molecule has 0 saturated heterocycles. The minimum Gasteiger partial charge on any atom is -0.321 e. The Balaban J connectivity index is 1.35. The van der Waals surface area contributed by atoms with Gasteiger partial charge in [-0.1, -0.05) is 38.3 Å². The van der Waals surface area contributed by atoms with Crippen LogP contribution in [0.15, 0.2) is 42.7 Å². The second kappa shape index (κ2) is 9.91. The minimum absolute atomic E-state index is 0.00830. The summed E-state index contributed by atoms with van der Waals surface area (Å²) in [4.78, 5) is 15.0.